The first kappa shape index (κ1) is 34.0. The lowest BCUT2D eigenvalue weighted by Gasteiger charge is -2.31. The molecule has 1 aliphatic heterocycles. The number of amides is 1. The Balaban J connectivity index is 1.74. The van der Waals surface area contributed by atoms with Gasteiger partial charge in [0.1, 0.15) is 11.4 Å². The molecule has 4 rings (SSSR count). The van der Waals surface area contributed by atoms with E-state index in [0.29, 0.717) is 42.0 Å². The minimum Gasteiger partial charge on any atom is -0.494 e. The monoisotopic (exact) mass is 628 g/mol. The Morgan fingerprint density at radius 3 is 2.48 bits per heavy atom. The summed E-state index contributed by atoms with van der Waals surface area (Å²) in [5.74, 6) is -0.181. The van der Waals surface area contributed by atoms with E-state index < -0.39 is 29.1 Å². The summed E-state index contributed by atoms with van der Waals surface area (Å²) in [4.78, 5) is 35.1. The van der Waals surface area contributed by atoms with Gasteiger partial charge in [0.15, 0.2) is 11.6 Å². The number of azide groups is 1. The van der Waals surface area contributed by atoms with Crippen molar-refractivity contribution < 1.29 is 28.9 Å². The Morgan fingerprint density at radius 1 is 1.07 bits per heavy atom. The zero-order chi connectivity index (χ0) is 33.0. The van der Waals surface area contributed by atoms with Crippen LogP contribution in [0.15, 0.2) is 89.0 Å². The van der Waals surface area contributed by atoms with E-state index in [0.717, 1.165) is 5.56 Å². The summed E-state index contributed by atoms with van der Waals surface area (Å²) in [5.41, 5.74) is 15.3. The number of aliphatic hydroxyl groups is 1. The fraction of sp³-hybridized carbons (Fsp3) is 0.382. The largest absolute Gasteiger partial charge is 0.494 e. The molecule has 12 nitrogen and oxygen atoms in total. The van der Waals surface area contributed by atoms with E-state index in [-0.39, 0.29) is 31.9 Å². The molecule has 3 aromatic rings. The maximum atomic E-state index is 14.3. The van der Waals surface area contributed by atoms with Crippen molar-refractivity contribution in [2.24, 2.45) is 10.1 Å². The van der Waals surface area contributed by atoms with Gasteiger partial charge >= 0.3 is 5.97 Å². The fourth-order valence-corrected chi connectivity index (χ4v) is 5.00. The maximum absolute atomic E-state index is 14.3. The van der Waals surface area contributed by atoms with Gasteiger partial charge in [-0.25, -0.2) is 10.4 Å². The molecule has 3 N–H and O–H groups in total. The third-order valence-corrected chi connectivity index (χ3v) is 7.14. The van der Waals surface area contributed by atoms with Crippen molar-refractivity contribution in [3.8, 4) is 5.75 Å². The number of carbonyl (C=O) groups excluding carboxylic acids is 2. The van der Waals surface area contributed by atoms with Crippen LogP contribution in [0.5, 0.6) is 5.75 Å². The SMILES string of the molecule is CC(C)(C)OC(=O)CC[C@]1(C(=O)NNCc2ccccc2)N=C(c2ccc(OCCCO)cc2)O[C@H]1c1ccccc1CN=[N+]=[N-]. The number of hydrogen-bond donors (Lipinski definition) is 3. The zero-order valence-corrected chi connectivity index (χ0v) is 26.3. The molecular formula is C34H40N6O6. The third kappa shape index (κ3) is 9.07. The van der Waals surface area contributed by atoms with Crippen molar-refractivity contribution in [3.05, 3.63) is 112 Å². The molecule has 0 aliphatic carbocycles. The van der Waals surface area contributed by atoms with Gasteiger partial charge in [-0.05, 0) is 73.7 Å². The van der Waals surface area contributed by atoms with Gasteiger partial charge in [0, 0.05) is 36.5 Å². The van der Waals surface area contributed by atoms with E-state index in [4.69, 9.17) is 29.8 Å². The van der Waals surface area contributed by atoms with E-state index in [1.54, 1.807) is 63.2 Å². The molecule has 46 heavy (non-hydrogen) atoms. The van der Waals surface area contributed by atoms with Crippen LogP contribution in [0.25, 0.3) is 10.4 Å². The number of ether oxygens (including phenoxy) is 3. The van der Waals surface area contributed by atoms with Crippen molar-refractivity contribution in [3.63, 3.8) is 0 Å². The topological polar surface area (TPSA) is 167 Å². The summed E-state index contributed by atoms with van der Waals surface area (Å²) < 4.78 is 17.8. The van der Waals surface area contributed by atoms with Gasteiger partial charge in [-0.2, -0.15) is 0 Å². The molecule has 242 valence electrons. The van der Waals surface area contributed by atoms with Crippen LogP contribution in [0.3, 0.4) is 0 Å². The van der Waals surface area contributed by atoms with Crippen molar-refractivity contribution in [2.45, 2.75) is 70.4 Å². The van der Waals surface area contributed by atoms with E-state index in [1.165, 1.54) is 0 Å². The molecule has 2 atom stereocenters. The number of nitrogens with zero attached hydrogens (tertiary/aromatic N) is 4. The lowest BCUT2D eigenvalue weighted by molar-refractivity contribution is -0.155. The van der Waals surface area contributed by atoms with Crippen molar-refractivity contribution >= 4 is 17.8 Å². The van der Waals surface area contributed by atoms with E-state index in [9.17, 15) is 9.59 Å². The van der Waals surface area contributed by atoms with Crippen LogP contribution in [0.1, 0.15) is 68.4 Å². The van der Waals surface area contributed by atoms with Crippen molar-refractivity contribution in [1.29, 1.82) is 0 Å². The number of carbonyl (C=O) groups is 2. The van der Waals surface area contributed by atoms with Gasteiger partial charge in [0.05, 0.1) is 13.2 Å². The van der Waals surface area contributed by atoms with Crippen LogP contribution in [0.4, 0.5) is 0 Å². The predicted octanol–water partition coefficient (Wildman–Crippen LogP) is 5.46. The van der Waals surface area contributed by atoms with Crippen LogP contribution < -0.4 is 15.6 Å². The molecule has 1 amide bonds. The van der Waals surface area contributed by atoms with E-state index in [2.05, 4.69) is 20.9 Å². The van der Waals surface area contributed by atoms with Gasteiger partial charge < -0.3 is 19.3 Å². The zero-order valence-electron chi connectivity index (χ0n) is 26.3. The van der Waals surface area contributed by atoms with Crippen LogP contribution in [0.2, 0.25) is 0 Å². The van der Waals surface area contributed by atoms with Gasteiger partial charge in [0.25, 0.3) is 5.91 Å². The molecule has 3 aromatic carbocycles. The highest BCUT2D eigenvalue weighted by Gasteiger charge is 2.54. The van der Waals surface area contributed by atoms with Crippen LogP contribution in [-0.4, -0.2) is 47.2 Å². The van der Waals surface area contributed by atoms with Crippen LogP contribution >= 0.6 is 0 Å². The van der Waals surface area contributed by atoms with Crippen molar-refractivity contribution in [2.75, 3.05) is 13.2 Å². The molecule has 0 radical (unpaired) electrons. The molecule has 0 saturated heterocycles. The first-order valence-electron chi connectivity index (χ1n) is 15.1. The minimum absolute atomic E-state index is 0.0256. The lowest BCUT2D eigenvalue weighted by Crippen LogP contribution is -2.53. The highest BCUT2D eigenvalue weighted by atomic mass is 16.6. The highest BCUT2D eigenvalue weighted by Crippen LogP contribution is 2.44. The quantitative estimate of drug-likeness (QED) is 0.0502. The standard InChI is InChI=1S/C34H40N6O6/c1-33(2,3)46-29(42)18-19-34(32(43)39-36-22-24-10-5-4-6-11-24)30(28-13-8-7-12-26(28)23-37-40-35)45-31(38-34)25-14-16-27(17-15-25)44-21-9-20-41/h4-8,10-17,30,36,41H,9,18-23H2,1-3H3,(H,39,43)/t30-,34-/m0/s1. The number of benzene rings is 3. The average Bonchev–Trinajstić information content (AvgIpc) is 3.44. The van der Waals surface area contributed by atoms with Gasteiger partial charge in [0.2, 0.25) is 5.90 Å². The van der Waals surface area contributed by atoms with Crippen LogP contribution in [-0.2, 0) is 32.2 Å². The number of hydrogen-bond acceptors (Lipinski definition) is 9. The second-order valence-electron chi connectivity index (χ2n) is 11.8. The first-order valence-corrected chi connectivity index (χ1v) is 15.1. The van der Waals surface area contributed by atoms with Crippen LogP contribution in [0, 0.1) is 0 Å². The second-order valence-corrected chi connectivity index (χ2v) is 11.8. The van der Waals surface area contributed by atoms with Crippen molar-refractivity contribution in [1.82, 2.24) is 10.9 Å². The molecule has 12 heteroatoms. The molecule has 0 aromatic heterocycles. The Hall–Kier alpha value is -4.90. The minimum atomic E-state index is -1.61. The molecular weight excluding hydrogens is 588 g/mol. The Kier molecular flexibility index (Phi) is 11.7. The number of aliphatic imine (C=N–C) groups is 1. The summed E-state index contributed by atoms with van der Waals surface area (Å²) >= 11 is 0. The number of nitrogens with one attached hydrogen (secondary N) is 2. The summed E-state index contributed by atoms with van der Waals surface area (Å²) in [6.07, 6.45) is -0.625. The Morgan fingerprint density at radius 2 is 1.78 bits per heavy atom. The molecule has 0 fully saturated rings. The number of esters is 1. The second kappa shape index (κ2) is 15.9. The van der Waals surface area contributed by atoms with Gasteiger partial charge in [-0.1, -0.05) is 59.7 Å². The van der Waals surface area contributed by atoms with E-state index in [1.807, 2.05) is 36.4 Å². The van der Waals surface area contributed by atoms with E-state index >= 15 is 0 Å². The maximum Gasteiger partial charge on any atom is 0.306 e. The molecule has 0 unspecified atom stereocenters. The summed E-state index contributed by atoms with van der Waals surface area (Å²) in [6, 6.07) is 23.8. The Labute approximate surface area is 268 Å². The highest BCUT2D eigenvalue weighted by molar-refractivity contribution is 6.01. The fourth-order valence-electron chi connectivity index (χ4n) is 5.00. The average molecular weight is 629 g/mol. The molecule has 1 aliphatic rings. The normalized spacial score (nSPS) is 17.3. The Bertz CT molecular complexity index is 1550. The van der Waals surface area contributed by atoms with Gasteiger partial charge in [-0.3, -0.25) is 15.0 Å². The van der Waals surface area contributed by atoms with Gasteiger partial charge in [-0.15, -0.1) is 0 Å². The molecule has 1 heterocycles. The summed E-state index contributed by atoms with van der Waals surface area (Å²) in [7, 11) is 0. The molecule has 0 spiro atoms. The number of aliphatic hydroxyl groups excluding tert-OH is 1. The molecule has 0 bridgehead atoms. The third-order valence-electron chi connectivity index (χ3n) is 7.14. The number of rotatable bonds is 15. The smallest absolute Gasteiger partial charge is 0.306 e. The number of hydrazine groups is 1. The first-order chi connectivity index (χ1) is 22.1. The summed E-state index contributed by atoms with van der Waals surface area (Å²) in [5, 5.41) is 12.8. The lowest BCUT2D eigenvalue weighted by atomic mass is 9.82. The summed E-state index contributed by atoms with van der Waals surface area (Å²) in [6.45, 7) is 6.10. The molecule has 0 saturated carbocycles. The predicted molar refractivity (Wildman–Crippen MR) is 173 cm³/mol.